The van der Waals surface area contributed by atoms with Crippen molar-refractivity contribution >= 4 is 43.5 Å². The van der Waals surface area contributed by atoms with Gasteiger partial charge in [-0.2, -0.15) is 8.42 Å². The molecule has 14 heteroatoms. The molecule has 0 radical (unpaired) electrons. The van der Waals surface area contributed by atoms with Gasteiger partial charge in [-0.15, -0.1) is 4.83 Å². The van der Waals surface area contributed by atoms with Crippen LogP contribution in [-0.4, -0.2) is 29.8 Å². The molecule has 1 aromatic carbocycles. The molecule has 0 unspecified atom stereocenters. The number of rotatable bonds is 5. The van der Waals surface area contributed by atoms with Gasteiger partial charge in [0.1, 0.15) is 5.82 Å². The maximum absolute atomic E-state index is 13.2. The van der Waals surface area contributed by atoms with Crippen molar-refractivity contribution in [2.45, 2.75) is 0 Å². The van der Waals surface area contributed by atoms with E-state index < -0.39 is 16.0 Å². The SMILES string of the molecule is NS(=O)(=O)NNc1nonc1C(=Nc1ccc(F)c(Br)c1)NO. The van der Waals surface area contributed by atoms with Gasteiger partial charge < -0.3 is 0 Å². The summed E-state index contributed by atoms with van der Waals surface area (Å²) in [5.74, 6) is -0.964. The minimum Gasteiger partial charge on any atom is -0.290 e. The van der Waals surface area contributed by atoms with Crippen LogP contribution in [0.15, 0.2) is 32.3 Å². The van der Waals surface area contributed by atoms with Gasteiger partial charge in [-0.05, 0) is 44.4 Å². The van der Waals surface area contributed by atoms with Gasteiger partial charge in [0.15, 0.2) is 11.5 Å². The summed E-state index contributed by atoms with van der Waals surface area (Å²) in [5.41, 5.74) is 3.97. The largest absolute Gasteiger partial charge is 0.291 e. The third-order valence-corrected chi connectivity index (χ3v) is 3.27. The molecule has 23 heavy (non-hydrogen) atoms. The lowest BCUT2D eigenvalue weighted by Crippen LogP contribution is -2.36. The topological polar surface area (TPSA) is 168 Å². The molecule has 2 aromatic rings. The van der Waals surface area contributed by atoms with Crippen molar-refractivity contribution in [1.82, 2.24) is 20.6 Å². The monoisotopic (exact) mass is 409 g/mol. The molecule has 124 valence electrons. The van der Waals surface area contributed by atoms with Crippen molar-refractivity contribution in [1.29, 1.82) is 0 Å². The van der Waals surface area contributed by atoms with Crippen molar-refractivity contribution in [3.05, 3.63) is 34.2 Å². The van der Waals surface area contributed by atoms with Gasteiger partial charge in [0, 0.05) is 0 Å². The van der Waals surface area contributed by atoms with Gasteiger partial charge >= 0.3 is 0 Å². The normalized spacial score (nSPS) is 12.3. The first kappa shape index (κ1) is 17.2. The molecule has 6 N–H and O–H groups in total. The molecule has 0 fully saturated rings. The van der Waals surface area contributed by atoms with E-state index in [4.69, 9.17) is 10.3 Å². The number of hydroxylamine groups is 1. The van der Waals surface area contributed by atoms with E-state index in [0.717, 1.165) is 6.07 Å². The Kier molecular flexibility index (Phi) is 5.22. The van der Waals surface area contributed by atoms with Gasteiger partial charge in [0.05, 0.1) is 10.2 Å². The van der Waals surface area contributed by atoms with E-state index in [1.807, 2.05) is 0 Å². The molecular formula is C9H9BrFN7O4S. The van der Waals surface area contributed by atoms with Crippen molar-refractivity contribution in [3.63, 3.8) is 0 Å². The summed E-state index contributed by atoms with van der Waals surface area (Å²) in [6.07, 6.45) is 0. The molecule has 0 atom stereocenters. The molecule has 0 saturated carbocycles. The van der Waals surface area contributed by atoms with Gasteiger partial charge in [-0.3, -0.25) is 16.1 Å². The number of benzene rings is 1. The van der Waals surface area contributed by atoms with E-state index in [9.17, 15) is 12.8 Å². The Labute approximate surface area is 137 Å². The molecule has 1 heterocycles. The number of nitrogens with zero attached hydrogens (tertiary/aromatic N) is 3. The van der Waals surface area contributed by atoms with Crippen LogP contribution in [0.3, 0.4) is 0 Å². The standard InChI is InChI=1S/C9H9BrFN7O4S/c10-5-3-4(1-2-6(5)11)13-8(15-19)7-9(17-22-16-7)14-18-23(12,20)21/h1-3,18-19H,(H,13,15)(H,14,17)(H2,12,20,21). The summed E-state index contributed by atoms with van der Waals surface area (Å²) in [7, 11) is -4.06. The van der Waals surface area contributed by atoms with E-state index in [1.165, 1.54) is 12.1 Å². The van der Waals surface area contributed by atoms with Gasteiger partial charge in [0.2, 0.25) is 5.82 Å². The highest BCUT2D eigenvalue weighted by atomic mass is 79.9. The Morgan fingerprint density at radius 3 is 2.78 bits per heavy atom. The number of anilines is 1. The molecule has 0 saturated heterocycles. The molecular weight excluding hydrogens is 401 g/mol. The summed E-state index contributed by atoms with van der Waals surface area (Å²) in [4.78, 5) is 5.71. The minimum atomic E-state index is -4.06. The van der Waals surface area contributed by atoms with E-state index >= 15 is 0 Å². The smallest absolute Gasteiger partial charge is 0.290 e. The van der Waals surface area contributed by atoms with Gasteiger partial charge in [0.25, 0.3) is 10.2 Å². The predicted molar refractivity (Wildman–Crippen MR) is 79.4 cm³/mol. The van der Waals surface area contributed by atoms with Crippen molar-refractivity contribution in [3.8, 4) is 0 Å². The molecule has 0 aliphatic rings. The van der Waals surface area contributed by atoms with E-state index in [-0.39, 0.29) is 27.5 Å². The fourth-order valence-electron chi connectivity index (χ4n) is 1.36. The quantitative estimate of drug-likeness (QED) is 0.264. The number of halogens is 2. The number of aromatic nitrogens is 2. The van der Waals surface area contributed by atoms with Crippen molar-refractivity contribution in [2.24, 2.45) is 10.1 Å². The highest BCUT2D eigenvalue weighted by molar-refractivity contribution is 9.10. The highest BCUT2D eigenvalue weighted by Crippen LogP contribution is 2.23. The summed E-state index contributed by atoms with van der Waals surface area (Å²) in [6, 6.07) is 3.83. The average Bonchev–Trinajstić information content (AvgIpc) is 2.94. The van der Waals surface area contributed by atoms with Gasteiger partial charge in [-0.1, -0.05) is 0 Å². The second kappa shape index (κ2) is 6.97. The van der Waals surface area contributed by atoms with Crippen LogP contribution in [0.2, 0.25) is 0 Å². The Morgan fingerprint density at radius 1 is 1.43 bits per heavy atom. The zero-order valence-electron chi connectivity index (χ0n) is 11.0. The zero-order valence-corrected chi connectivity index (χ0v) is 13.4. The van der Waals surface area contributed by atoms with E-state index in [2.05, 4.69) is 41.3 Å². The van der Waals surface area contributed by atoms with Crippen LogP contribution in [0.4, 0.5) is 15.9 Å². The molecule has 0 bridgehead atoms. The third kappa shape index (κ3) is 4.67. The average molecular weight is 410 g/mol. The Morgan fingerprint density at radius 2 is 2.17 bits per heavy atom. The number of hydrogen-bond donors (Lipinski definition) is 5. The lowest BCUT2D eigenvalue weighted by molar-refractivity contribution is 0.234. The zero-order chi connectivity index (χ0) is 17.0. The minimum absolute atomic E-state index is 0.156. The number of nitrogens with one attached hydrogen (secondary N) is 3. The summed E-state index contributed by atoms with van der Waals surface area (Å²) >= 11 is 2.99. The van der Waals surface area contributed by atoms with Crippen LogP contribution in [0, 0.1) is 5.82 Å². The van der Waals surface area contributed by atoms with E-state index in [0.29, 0.717) is 0 Å². The summed E-state index contributed by atoms with van der Waals surface area (Å²) < 4.78 is 39.4. The maximum Gasteiger partial charge on any atom is 0.291 e. The van der Waals surface area contributed by atoms with Crippen LogP contribution < -0.4 is 20.9 Å². The number of amidine groups is 1. The highest BCUT2D eigenvalue weighted by Gasteiger charge is 2.17. The van der Waals surface area contributed by atoms with Crippen molar-refractivity contribution < 1.29 is 22.6 Å². The molecule has 0 aliphatic carbocycles. The fraction of sp³-hybridized carbons (Fsp3) is 0. The van der Waals surface area contributed by atoms with Crippen molar-refractivity contribution in [2.75, 3.05) is 5.43 Å². The Balaban J connectivity index is 2.32. The predicted octanol–water partition coefficient (Wildman–Crippen LogP) is 0.148. The van der Waals surface area contributed by atoms with Crippen LogP contribution in [0.1, 0.15) is 5.69 Å². The number of aliphatic imine (C=N–C) groups is 1. The number of nitrogens with two attached hydrogens (primary N) is 1. The maximum atomic E-state index is 13.2. The van der Waals surface area contributed by atoms with E-state index in [1.54, 1.807) is 10.3 Å². The third-order valence-electron chi connectivity index (χ3n) is 2.27. The summed E-state index contributed by atoms with van der Waals surface area (Å²) in [6.45, 7) is 0. The number of hydrazine groups is 1. The molecule has 11 nitrogen and oxygen atoms in total. The fourth-order valence-corrected chi connectivity index (χ4v) is 1.97. The van der Waals surface area contributed by atoms with Crippen LogP contribution in [-0.2, 0) is 10.2 Å². The first-order valence-corrected chi connectivity index (χ1v) is 7.96. The first-order chi connectivity index (χ1) is 10.8. The molecule has 2 rings (SSSR count). The lowest BCUT2D eigenvalue weighted by Gasteiger charge is -2.05. The second-order valence-corrected chi connectivity index (χ2v) is 6.05. The van der Waals surface area contributed by atoms with Crippen LogP contribution >= 0.6 is 15.9 Å². The second-order valence-electron chi connectivity index (χ2n) is 3.90. The van der Waals surface area contributed by atoms with Crippen LogP contribution in [0.25, 0.3) is 0 Å². The molecule has 0 amide bonds. The molecule has 0 spiro atoms. The number of hydrogen-bond acceptors (Lipinski definition) is 8. The van der Waals surface area contributed by atoms with Gasteiger partial charge in [-0.25, -0.2) is 19.2 Å². The first-order valence-electron chi connectivity index (χ1n) is 5.62. The summed E-state index contributed by atoms with van der Waals surface area (Å²) in [5, 5.41) is 20.8. The molecule has 1 aromatic heterocycles. The Bertz CT molecular complexity index is 840. The lowest BCUT2D eigenvalue weighted by atomic mass is 10.3. The Hall–Kier alpha value is -2.13. The van der Waals surface area contributed by atoms with Crippen LogP contribution in [0.5, 0.6) is 0 Å². The molecule has 0 aliphatic heterocycles.